The monoisotopic (exact) mass is 325 g/mol. The van der Waals surface area contributed by atoms with Crippen LogP contribution in [0, 0.1) is 0 Å². The molecule has 0 saturated carbocycles. The maximum absolute atomic E-state index is 11.3. The largest absolute Gasteiger partial charge is 0.453 e. The van der Waals surface area contributed by atoms with Gasteiger partial charge < -0.3 is 9.64 Å². The summed E-state index contributed by atoms with van der Waals surface area (Å²) in [6.07, 6.45) is -0.445. The fraction of sp³-hybridized carbons (Fsp3) is 0.316. The molecule has 0 aromatic heterocycles. The van der Waals surface area contributed by atoms with Gasteiger partial charge in [0.25, 0.3) is 0 Å². The van der Waals surface area contributed by atoms with Crippen molar-refractivity contribution in [2.24, 2.45) is 0 Å². The number of benzene rings is 2. The maximum atomic E-state index is 11.3. The average Bonchev–Trinajstić information content (AvgIpc) is 2.63. The number of carbonyl (C=O) groups excluding carboxylic acids is 1. The molecular formula is C19H23N3O2. The predicted molar refractivity (Wildman–Crippen MR) is 96.4 cm³/mol. The Morgan fingerprint density at radius 1 is 1.04 bits per heavy atom. The summed E-state index contributed by atoms with van der Waals surface area (Å²) in [4.78, 5) is 16.2. The van der Waals surface area contributed by atoms with Gasteiger partial charge in [-0.05, 0) is 23.8 Å². The van der Waals surface area contributed by atoms with Gasteiger partial charge in [-0.3, -0.25) is 10.2 Å². The molecule has 2 aromatic carbocycles. The smallest absolute Gasteiger partial charge is 0.411 e. The third-order valence-electron chi connectivity index (χ3n) is 4.26. The Hall–Kier alpha value is -2.53. The molecule has 0 spiro atoms. The zero-order chi connectivity index (χ0) is 16.8. The van der Waals surface area contributed by atoms with Crippen LogP contribution >= 0.6 is 0 Å². The Bertz CT molecular complexity index is 667. The molecule has 1 aliphatic heterocycles. The van der Waals surface area contributed by atoms with Crippen LogP contribution in [0.15, 0.2) is 54.6 Å². The van der Waals surface area contributed by atoms with E-state index in [4.69, 9.17) is 0 Å². The highest BCUT2D eigenvalue weighted by Crippen LogP contribution is 2.21. The summed E-state index contributed by atoms with van der Waals surface area (Å²) >= 11 is 0. The minimum absolute atomic E-state index is 0.445. The molecule has 1 amide bonds. The third-order valence-corrected chi connectivity index (χ3v) is 4.26. The Morgan fingerprint density at radius 3 is 2.50 bits per heavy atom. The minimum Gasteiger partial charge on any atom is -0.453 e. The van der Waals surface area contributed by atoms with Gasteiger partial charge in [-0.15, -0.1) is 0 Å². The number of piperazine rings is 1. The number of methoxy groups -OCH3 is 1. The van der Waals surface area contributed by atoms with Crippen molar-refractivity contribution in [3.63, 3.8) is 0 Å². The molecule has 5 heteroatoms. The number of rotatable bonds is 4. The molecule has 0 atom stereocenters. The highest BCUT2D eigenvalue weighted by Gasteiger charge is 2.17. The fourth-order valence-corrected chi connectivity index (χ4v) is 2.96. The van der Waals surface area contributed by atoms with Crippen LogP contribution in [0.3, 0.4) is 0 Å². The average molecular weight is 325 g/mol. The Labute approximate surface area is 142 Å². The van der Waals surface area contributed by atoms with E-state index in [-0.39, 0.29) is 0 Å². The molecule has 0 unspecified atom stereocenters. The van der Waals surface area contributed by atoms with Crippen LogP contribution in [0.25, 0.3) is 0 Å². The SMILES string of the molecule is COC(=O)Nc1cccc(N2CCN(Cc3ccccc3)CC2)c1. The summed E-state index contributed by atoms with van der Waals surface area (Å²) in [5, 5.41) is 2.71. The van der Waals surface area contributed by atoms with Crippen LogP contribution in [0.4, 0.5) is 16.2 Å². The molecule has 0 bridgehead atoms. The topological polar surface area (TPSA) is 44.8 Å². The van der Waals surface area contributed by atoms with E-state index in [0.29, 0.717) is 0 Å². The highest BCUT2D eigenvalue weighted by atomic mass is 16.5. The zero-order valence-electron chi connectivity index (χ0n) is 13.9. The summed E-state index contributed by atoms with van der Waals surface area (Å²) in [6.45, 7) is 5.02. The first-order chi connectivity index (χ1) is 11.7. The van der Waals surface area contributed by atoms with E-state index in [1.807, 2.05) is 18.2 Å². The maximum Gasteiger partial charge on any atom is 0.411 e. The fourth-order valence-electron chi connectivity index (χ4n) is 2.96. The summed E-state index contributed by atoms with van der Waals surface area (Å²) in [5.74, 6) is 0. The normalized spacial score (nSPS) is 15.1. The van der Waals surface area contributed by atoms with Crippen molar-refractivity contribution in [3.8, 4) is 0 Å². The number of anilines is 2. The van der Waals surface area contributed by atoms with Gasteiger partial charge in [0.2, 0.25) is 0 Å². The van der Waals surface area contributed by atoms with Crippen molar-refractivity contribution in [1.29, 1.82) is 0 Å². The van der Waals surface area contributed by atoms with Gasteiger partial charge in [-0.25, -0.2) is 4.79 Å². The molecule has 126 valence electrons. The lowest BCUT2D eigenvalue weighted by atomic mass is 10.2. The first-order valence-corrected chi connectivity index (χ1v) is 8.21. The minimum atomic E-state index is -0.445. The quantitative estimate of drug-likeness (QED) is 0.938. The van der Waals surface area contributed by atoms with Gasteiger partial charge in [-0.1, -0.05) is 36.4 Å². The van der Waals surface area contributed by atoms with Gasteiger partial charge in [0.05, 0.1) is 7.11 Å². The summed E-state index contributed by atoms with van der Waals surface area (Å²) in [5.41, 5.74) is 3.24. The molecule has 0 aliphatic carbocycles. The second-order valence-electron chi connectivity index (χ2n) is 5.92. The number of amides is 1. The second-order valence-corrected chi connectivity index (χ2v) is 5.92. The number of nitrogens with one attached hydrogen (secondary N) is 1. The molecule has 1 aliphatic rings. The molecule has 1 heterocycles. The van der Waals surface area contributed by atoms with Crippen molar-refractivity contribution >= 4 is 17.5 Å². The molecule has 5 nitrogen and oxygen atoms in total. The van der Waals surface area contributed by atoms with Crippen LogP contribution < -0.4 is 10.2 Å². The van der Waals surface area contributed by atoms with E-state index in [2.05, 4.69) is 56.3 Å². The first kappa shape index (κ1) is 16.3. The standard InChI is InChI=1S/C19H23N3O2/c1-24-19(23)20-17-8-5-9-18(14-17)22-12-10-21(11-13-22)15-16-6-3-2-4-7-16/h2-9,14H,10-13,15H2,1H3,(H,20,23). The Kier molecular flexibility index (Phi) is 5.33. The van der Waals surface area contributed by atoms with Crippen molar-refractivity contribution < 1.29 is 9.53 Å². The van der Waals surface area contributed by atoms with Crippen molar-refractivity contribution in [3.05, 3.63) is 60.2 Å². The van der Waals surface area contributed by atoms with Gasteiger partial charge in [-0.2, -0.15) is 0 Å². The number of carbonyl (C=O) groups is 1. The molecule has 3 rings (SSSR count). The number of ether oxygens (including phenoxy) is 1. The van der Waals surface area contributed by atoms with Crippen LogP contribution in [0.5, 0.6) is 0 Å². The van der Waals surface area contributed by atoms with Gasteiger partial charge in [0.15, 0.2) is 0 Å². The van der Waals surface area contributed by atoms with Crippen LogP contribution in [0.1, 0.15) is 5.56 Å². The van der Waals surface area contributed by atoms with Crippen LogP contribution in [-0.2, 0) is 11.3 Å². The molecule has 24 heavy (non-hydrogen) atoms. The molecule has 1 saturated heterocycles. The van der Waals surface area contributed by atoms with Crippen molar-refractivity contribution in [1.82, 2.24) is 4.90 Å². The summed E-state index contributed by atoms with van der Waals surface area (Å²) < 4.78 is 4.64. The lowest BCUT2D eigenvalue weighted by molar-refractivity contribution is 0.187. The van der Waals surface area contributed by atoms with Gasteiger partial charge >= 0.3 is 6.09 Å². The van der Waals surface area contributed by atoms with Gasteiger partial charge in [0.1, 0.15) is 0 Å². The summed E-state index contributed by atoms with van der Waals surface area (Å²) in [7, 11) is 1.37. The van der Waals surface area contributed by atoms with Crippen molar-refractivity contribution in [2.75, 3.05) is 43.5 Å². The lowest BCUT2D eigenvalue weighted by Gasteiger charge is -2.36. The number of hydrogen-bond donors (Lipinski definition) is 1. The molecule has 1 fully saturated rings. The van der Waals surface area contributed by atoms with E-state index in [1.165, 1.54) is 12.7 Å². The van der Waals surface area contributed by atoms with Crippen LogP contribution in [0.2, 0.25) is 0 Å². The molecular weight excluding hydrogens is 302 g/mol. The van der Waals surface area contributed by atoms with Crippen molar-refractivity contribution in [2.45, 2.75) is 6.54 Å². The van der Waals surface area contributed by atoms with E-state index >= 15 is 0 Å². The zero-order valence-corrected chi connectivity index (χ0v) is 13.9. The third kappa shape index (κ3) is 4.26. The Morgan fingerprint density at radius 2 is 1.79 bits per heavy atom. The first-order valence-electron chi connectivity index (χ1n) is 8.21. The molecule has 1 N–H and O–H groups in total. The van der Waals surface area contributed by atoms with E-state index in [0.717, 1.165) is 44.1 Å². The second kappa shape index (κ2) is 7.84. The molecule has 2 aromatic rings. The summed E-state index contributed by atoms with van der Waals surface area (Å²) in [6, 6.07) is 18.5. The number of nitrogens with zero attached hydrogens (tertiary/aromatic N) is 2. The Balaban J connectivity index is 1.56. The van der Waals surface area contributed by atoms with E-state index in [1.54, 1.807) is 0 Å². The number of hydrogen-bond acceptors (Lipinski definition) is 4. The highest BCUT2D eigenvalue weighted by molar-refractivity contribution is 5.85. The molecule has 0 radical (unpaired) electrons. The predicted octanol–water partition coefficient (Wildman–Crippen LogP) is 3.19. The van der Waals surface area contributed by atoms with Crippen LogP contribution in [-0.4, -0.2) is 44.3 Å². The van der Waals surface area contributed by atoms with E-state index in [9.17, 15) is 4.79 Å². The lowest BCUT2D eigenvalue weighted by Crippen LogP contribution is -2.45. The van der Waals surface area contributed by atoms with E-state index < -0.39 is 6.09 Å². The van der Waals surface area contributed by atoms with Gasteiger partial charge in [0, 0.05) is 44.1 Å².